The van der Waals surface area contributed by atoms with Crippen LogP contribution < -0.4 is 5.56 Å². The standard InChI is InChI=1S/C24H20FN3OS/c25-18-8-6-16(7-9-18)22-11-10-19(30-22)14-28-13-12-21-20(15-28)24(29)27-23(26-21)17-4-2-1-3-5-17/h1-11H,12-15H2,(H,26,27,29). The second-order valence-electron chi connectivity index (χ2n) is 7.44. The maximum Gasteiger partial charge on any atom is 0.255 e. The van der Waals surface area contributed by atoms with Crippen molar-refractivity contribution in [3.63, 3.8) is 0 Å². The highest BCUT2D eigenvalue weighted by atomic mass is 32.1. The second kappa shape index (κ2) is 7.97. The predicted molar refractivity (Wildman–Crippen MR) is 118 cm³/mol. The Morgan fingerprint density at radius 3 is 2.60 bits per heavy atom. The van der Waals surface area contributed by atoms with E-state index in [4.69, 9.17) is 4.98 Å². The Labute approximate surface area is 177 Å². The van der Waals surface area contributed by atoms with E-state index in [0.717, 1.165) is 46.8 Å². The van der Waals surface area contributed by atoms with Gasteiger partial charge in [0.2, 0.25) is 0 Å². The third-order valence-corrected chi connectivity index (χ3v) is 6.48. The average Bonchev–Trinajstić information content (AvgIpc) is 3.23. The van der Waals surface area contributed by atoms with Crippen molar-refractivity contribution >= 4 is 11.3 Å². The minimum atomic E-state index is -0.225. The third kappa shape index (κ3) is 3.84. The molecule has 2 aromatic heterocycles. The number of fused-ring (bicyclic) bond motifs is 1. The fourth-order valence-corrected chi connectivity index (χ4v) is 4.86. The van der Waals surface area contributed by atoms with Crippen LogP contribution in [0.1, 0.15) is 16.1 Å². The molecular weight excluding hydrogens is 397 g/mol. The van der Waals surface area contributed by atoms with Crippen molar-refractivity contribution in [3.8, 4) is 21.8 Å². The number of aromatic amines is 1. The molecule has 0 saturated heterocycles. The van der Waals surface area contributed by atoms with Crippen LogP contribution in [0.3, 0.4) is 0 Å². The van der Waals surface area contributed by atoms with Gasteiger partial charge in [-0.05, 0) is 29.8 Å². The van der Waals surface area contributed by atoms with E-state index >= 15 is 0 Å². The van der Waals surface area contributed by atoms with Crippen molar-refractivity contribution in [2.75, 3.05) is 6.54 Å². The molecule has 0 fully saturated rings. The minimum absolute atomic E-state index is 0.0540. The Balaban J connectivity index is 1.33. The van der Waals surface area contributed by atoms with Crippen LogP contribution in [-0.2, 0) is 19.5 Å². The maximum absolute atomic E-state index is 13.2. The number of thiophene rings is 1. The molecule has 3 heterocycles. The summed E-state index contributed by atoms with van der Waals surface area (Å²) in [6.07, 6.45) is 0.759. The smallest absolute Gasteiger partial charge is 0.255 e. The average molecular weight is 418 g/mol. The molecule has 0 saturated carbocycles. The molecule has 1 aliphatic heterocycles. The first-order valence-corrected chi connectivity index (χ1v) is 10.7. The zero-order valence-electron chi connectivity index (χ0n) is 16.3. The summed E-state index contributed by atoms with van der Waals surface area (Å²) >= 11 is 1.71. The van der Waals surface area contributed by atoms with E-state index in [0.29, 0.717) is 12.4 Å². The number of halogens is 1. The predicted octanol–water partition coefficient (Wildman–Crippen LogP) is 4.86. The molecule has 0 radical (unpaired) electrons. The quantitative estimate of drug-likeness (QED) is 0.516. The largest absolute Gasteiger partial charge is 0.306 e. The zero-order chi connectivity index (χ0) is 20.5. The van der Waals surface area contributed by atoms with E-state index < -0.39 is 0 Å². The number of H-pyrrole nitrogens is 1. The lowest BCUT2D eigenvalue weighted by Crippen LogP contribution is -2.35. The summed E-state index contributed by atoms with van der Waals surface area (Å²) in [7, 11) is 0. The van der Waals surface area contributed by atoms with Crippen LogP contribution in [0.15, 0.2) is 71.5 Å². The number of aromatic nitrogens is 2. The van der Waals surface area contributed by atoms with Crippen LogP contribution in [0, 0.1) is 5.82 Å². The lowest BCUT2D eigenvalue weighted by Gasteiger charge is -2.27. The highest BCUT2D eigenvalue weighted by Gasteiger charge is 2.22. The van der Waals surface area contributed by atoms with Crippen LogP contribution in [0.25, 0.3) is 21.8 Å². The number of nitrogens with one attached hydrogen (secondary N) is 1. The van der Waals surface area contributed by atoms with E-state index in [1.54, 1.807) is 23.5 Å². The highest BCUT2D eigenvalue weighted by molar-refractivity contribution is 7.15. The molecule has 1 aliphatic rings. The van der Waals surface area contributed by atoms with Crippen LogP contribution in [-0.4, -0.2) is 21.4 Å². The first-order valence-electron chi connectivity index (χ1n) is 9.90. The highest BCUT2D eigenvalue weighted by Crippen LogP contribution is 2.30. The summed E-state index contributed by atoms with van der Waals surface area (Å²) < 4.78 is 13.2. The number of nitrogens with zero attached hydrogens (tertiary/aromatic N) is 2. The van der Waals surface area contributed by atoms with E-state index in [2.05, 4.69) is 22.0 Å². The molecule has 4 nitrogen and oxygen atoms in total. The molecule has 1 N–H and O–H groups in total. The molecule has 150 valence electrons. The van der Waals surface area contributed by atoms with Crippen molar-refractivity contribution in [2.45, 2.75) is 19.5 Å². The number of hydrogen-bond donors (Lipinski definition) is 1. The molecule has 0 amide bonds. The summed E-state index contributed by atoms with van der Waals surface area (Å²) in [4.78, 5) is 25.0. The number of hydrogen-bond acceptors (Lipinski definition) is 4. The minimum Gasteiger partial charge on any atom is -0.306 e. The van der Waals surface area contributed by atoms with Gasteiger partial charge in [-0.2, -0.15) is 0 Å². The Bertz CT molecular complexity index is 1230. The Hall–Kier alpha value is -3.09. The van der Waals surface area contributed by atoms with Gasteiger partial charge in [0.1, 0.15) is 11.6 Å². The van der Waals surface area contributed by atoms with Gasteiger partial charge in [0.05, 0.1) is 11.3 Å². The van der Waals surface area contributed by atoms with Crippen LogP contribution >= 0.6 is 11.3 Å². The van der Waals surface area contributed by atoms with Crippen molar-refractivity contribution in [1.29, 1.82) is 0 Å². The molecular formula is C24H20FN3OS. The van der Waals surface area contributed by atoms with Crippen LogP contribution in [0.4, 0.5) is 4.39 Å². The summed E-state index contributed by atoms with van der Waals surface area (Å²) in [5.74, 6) is 0.409. The van der Waals surface area contributed by atoms with Crippen molar-refractivity contribution in [2.24, 2.45) is 0 Å². The fourth-order valence-electron chi connectivity index (χ4n) is 3.80. The van der Waals surface area contributed by atoms with Gasteiger partial charge in [-0.3, -0.25) is 9.69 Å². The van der Waals surface area contributed by atoms with Crippen LogP contribution in [0.5, 0.6) is 0 Å². The van der Waals surface area contributed by atoms with Gasteiger partial charge < -0.3 is 4.98 Å². The van der Waals surface area contributed by atoms with Gasteiger partial charge in [0.25, 0.3) is 5.56 Å². The van der Waals surface area contributed by atoms with Crippen molar-refractivity contribution in [3.05, 3.63) is 99.0 Å². The Kier molecular flexibility index (Phi) is 5.02. The summed E-state index contributed by atoms with van der Waals surface area (Å²) in [5.41, 5.74) is 3.54. The number of rotatable bonds is 4. The van der Waals surface area contributed by atoms with Gasteiger partial charge in [0.15, 0.2) is 0 Å². The van der Waals surface area contributed by atoms with E-state index in [9.17, 15) is 9.18 Å². The topological polar surface area (TPSA) is 49.0 Å². The van der Waals surface area contributed by atoms with E-state index in [-0.39, 0.29) is 11.4 Å². The number of benzene rings is 2. The SMILES string of the molecule is O=c1[nH]c(-c2ccccc2)nc2c1CN(Cc1ccc(-c3ccc(F)cc3)s1)CC2. The summed E-state index contributed by atoms with van der Waals surface area (Å²) in [6.45, 7) is 2.24. The van der Waals surface area contributed by atoms with E-state index in [1.165, 1.54) is 17.0 Å². The molecule has 4 aromatic rings. The van der Waals surface area contributed by atoms with Gasteiger partial charge in [-0.15, -0.1) is 11.3 Å². The van der Waals surface area contributed by atoms with Crippen LogP contribution in [0.2, 0.25) is 0 Å². The molecule has 30 heavy (non-hydrogen) atoms. The first kappa shape index (κ1) is 18.9. The molecule has 0 unspecified atom stereocenters. The first-order chi connectivity index (χ1) is 14.7. The van der Waals surface area contributed by atoms with Gasteiger partial charge in [-0.1, -0.05) is 42.5 Å². The molecule has 2 aromatic carbocycles. The van der Waals surface area contributed by atoms with Crippen molar-refractivity contribution in [1.82, 2.24) is 14.9 Å². The van der Waals surface area contributed by atoms with E-state index in [1.807, 2.05) is 30.3 Å². The second-order valence-corrected chi connectivity index (χ2v) is 8.61. The lowest BCUT2D eigenvalue weighted by molar-refractivity contribution is 0.244. The molecule has 0 aliphatic carbocycles. The fraction of sp³-hybridized carbons (Fsp3) is 0.167. The molecule has 0 atom stereocenters. The molecule has 0 spiro atoms. The van der Waals surface area contributed by atoms with Crippen molar-refractivity contribution < 1.29 is 4.39 Å². The summed E-state index contributed by atoms with van der Waals surface area (Å²) in [6, 6.07) is 20.5. The van der Waals surface area contributed by atoms with Gasteiger partial charge >= 0.3 is 0 Å². The molecule has 6 heteroatoms. The molecule has 5 rings (SSSR count). The maximum atomic E-state index is 13.2. The van der Waals surface area contributed by atoms with Gasteiger partial charge in [-0.25, -0.2) is 9.37 Å². The Morgan fingerprint density at radius 1 is 1.00 bits per heavy atom. The van der Waals surface area contributed by atoms with Gasteiger partial charge in [0, 0.05) is 41.4 Å². The molecule has 0 bridgehead atoms. The lowest BCUT2D eigenvalue weighted by atomic mass is 10.1. The Morgan fingerprint density at radius 2 is 1.80 bits per heavy atom. The zero-order valence-corrected chi connectivity index (χ0v) is 17.1. The summed E-state index contributed by atoms with van der Waals surface area (Å²) in [5, 5.41) is 0. The third-order valence-electron chi connectivity index (χ3n) is 5.36. The normalized spacial score (nSPS) is 13.9. The monoisotopic (exact) mass is 417 g/mol.